The summed E-state index contributed by atoms with van der Waals surface area (Å²) in [6.45, 7) is 2.81. The van der Waals surface area contributed by atoms with Gasteiger partial charge in [0.2, 0.25) is 11.8 Å². The minimum Gasteiger partial charge on any atom is -0.497 e. The van der Waals surface area contributed by atoms with Crippen molar-refractivity contribution in [2.45, 2.75) is 12.8 Å². The fraction of sp³-hybridized carbons (Fsp3) is 0.529. The molecule has 0 aliphatic carbocycles. The number of methoxy groups -OCH3 is 2. The molecular formula is C17H24N2O4. The predicted molar refractivity (Wildman–Crippen MR) is 86.4 cm³/mol. The van der Waals surface area contributed by atoms with E-state index in [4.69, 9.17) is 9.47 Å². The van der Waals surface area contributed by atoms with E-state index in [0.717, 1.165) is 11.3 Å². The molecular weight excluding hydrogens is 296 g/mol. The van der Waals surface area contributed by atoms with Gasteiger partial charge in [-0.2, -0.15) is 0 Å². The quantitative estimate of drug-likeness (QED) is 0.783. The van der Waals surface area contributed by atoms with E-state index in [1.54, 1.807) is 19.1 Å². The Balaban J connectivity index is 1.79. The van der Waals surface area contributed by atoms with Crippen LogP contribution in [0.25, 0.3) is 0 Å². The summed E-state index contributed by atoms with van der Waals surface area (Å²) in [5, 5.41) is 0. The number of nitrogens with zero attached hydrogens (tertiary/aromatic N) is 2. The van der Waals surface area contributed by atoms with Crippen molar-refractivity contribution in [3.63, 3.8) is 0 Å². The van der Waals surface area contributed by atoms with Crippen molar-refractivity contribution in [1.82, 2.24) is 9.80 Å². The van der Waals surface area contributed by atoms with Gasteiger partial charge < -0.3 is 19.3 Å². The molecule has 2 rings (SSSR count). The Morgan fingerprint density at radius 3 is 2.04 bits per heavy atom. The van der Waals surface area contributed by atoms with E-state index in [-0.39, 0.29) is 11.8 Å². The van der Waals surface area contributed by atoms with Gasteiger partial charge in [0.25, 0.3) is 0 Å². The van der Waals surface area contributed by atoms with Crippen LogP contribution in [0.3, 0.4) is 0 Å². The molecule has 0 saturated carbocycles. The molecule has 0 N–H and O–H groups in total. The summed E-state index contributed by atoms with van der Waals surface area (Å²) < 4.78 is 10.0. The summed E-state index contributed by atoms with van der Waals surface area (Å²) >= 11 is 0. The van der Waals surface area contributed by atoms with Crippen LogP contribution in [0.4, 0.5) is 0 Å². The maximum atomic E-state index is 12.3. The van der Waals surface area contributed by atoms with E-state index in [2.05, 4.69) is 0 Å². The Hall–Kier alpha value is -2.08. The molecule has 0 aromatic heterocycles. The molecule has 1 aromatic rings. The van der Waals surface area contributed by atoms with E-state index >= 15 is 0 Å². The first-order valence-corrected chi connectivity index (χ1v) is 7.81. The zero-order valence-corrected chi connectivity index (χ0v) is 13.8. The third-order valence-electron chi connectivity index (χ3n) is 4.02. The zero-order valence-electron chi connectivity index (χ0n) is 13.8. The number of hydrogen-bond donors (Lipinski definition) is 0. The van der Waals surface area contributed by atoms with Crippen LogP contribution in [0.15, 0.2) is 24.3 Å². The second-order valence-electron chi connectivity index (χ2n) is 5.53. The molecule has 0 unspecified atom stereocenters. The summed E-state index contributed by atoms with van der Waals surface area (Å²) in [5.41, 5.74) is 0.967. The number of carbonyl (C=O) groups excluding carboxylic acids is 2. The molecule has 0 spiro atoms. The Kier molecular flexibility index (Phi) is 6.40. The van der Waals surface area contributed by atoms with Crippen LogP contribution in [0.5, 0.6) is 5.75 Å². The molecule has 1 aromatic carbocycles. The first-order valence-electron chi connectivity index (χ1n) is 7.81. The summed E-state index contributed by atoms with van der Waals surface area (Å²) in [6, 6.07) is 7.52. The largest absolute Gasteiger partial charge is 0.497 e. The molecule has 1 fully saturated rings. The normalized spacial score (nSPS) is 14.7. The summed E-state index contributed by atoms with van der Waals surface area (Å²) in [4.78, 5) is 27.9. The number of ether oxygens (including phenoxy) is 2. The lowest BCUT2D eigenvalue weighted by Crippen LogP contribution is -2.51. The lowest BCUT2D eigenvalue weighted by Gasteiger charge is -2.35. The summed E-state index contributed by atoms with van der Waals surface area (Å²) in [7, 11) is 3.20. The van der Waals surface area contributed by atoms with E-state index in [0.29, 0.717) is 45.6 Å². The third kappa shape index (κ3) is 4.96. The topological polar surface area (TPSA) is 59.1 Å². The van der Waals surface area contributed by atoms with Crippen molar-refractivity contribution >= 4 is 11.8 Å². The molecule has 126 valence electrons. The first kappa shape index (κ1) is 17.3. The van der Waals surface area contributed by atoms with E-state index in [1.807, 2.05) is 29.2 Å². The SMILES string of the molecule is COCCC(=O)N1CCN(C(=O)Cc2ccc(OC)cc2)CC1. The Morgan fingerprint density at radius 1 is 0.957 bits per heavy atom. The van der Waals surface area contributed by atoms with Gasteiger partial charge in [-0.25, -0.2) is 0 Å². The molecule has 6 nitrogen and oxygen atoms in total. The minimum atomic E-state index is 0.0918. The molecule has 1 aliphatic rings. The lowest BCUT2D eigenvalue weighted by atomic mass is 10.1. The molecule has 6 heteroatoms. The van der Waals surface area contributed by atoms with Gasteiger partial charge in [0, 0.05) is 33.3 Å². The highest BCUT2D eigenvalue weighted by atomic mass is 16.5. The number of carbonyl (C=O) groups is 2. The van der Waals surface area contributed by atoms with Gasteiger partial charge in [0.1, 0.15) is 5.75 Å². The van der Waals surface area contributed by atoms with Crippen LogP contribution in [-0.4, -0.2) is 68.6 Å². The van der Waals surface area contributed by atoms with E-state index < -0.39 is 0 Å². The highest BCUT2D eigenvalue weighted by molar-refractivity contribution is 5.80. The van der Waals surface area contributed by atoms with Crippen LogP contribution >= 0.6 is 0 Å². The van der Waals surface area contributed by atoms with Gasteiger partial charge in [-0.1, -0.05) is 12.1 Å². The summed E-state index contributed by atoms with van der Waals surface area (Å²) in [6.07, 6.45) is 0.776. The smallest absolute Gasteiger partial charge is 0.227 e. The fourth-order valence-corrected chi connectivity index (χ4v) is 2.58. The molecule has 0 atom stereocenters. The molecule has 2 amide bonds. The maximum absolute atomic E-state index is 12.3. The Morgan fingerprint density at radius 2 is 1.52 bits per heavy atom. The number of benzene rings is 1. The van der Waals surface area contributed by atoms with Gasteiger partial charge in [0.15, 0.2) is 0 Å². The molecule has 23 heavy (non-hydrogen) atoms. The molecule has 1 saturated heterocycles. The second kappa shape index (κ2) is 8.53. The van der Waals surface area contributed by atoms with Gasteiger partial charge in [-0.05, 0) is 17.7 Å². The van der Waals surface area contributed by atoms with Crippen LogP contribution in [0, 0.1) is 0 Å². The number of amides is 2. The Labute approximate surface area is 137 Å². The highest BCUT2D eigenvalue weighted by Crippen LogP contribution is 2.13. The van der Waals surface area contributed by atoms with Gasteiger partial charge in [0.05, 0.1) is 26.6 Å². The Bertz CT molecular complexity index is 522. The van der Waals surface area contributed by atoms with E-state index in [9.17, 15) is 9.59 Å². The summed E-state index contributed by atoms with van der Waals surface area (Å²) in [5.74, 6) is 0.970. The van der Waals surface area contributed by atoms with E-state index in [1.165, 1.54) is 0 Å². The fourth-order valence-electron chi connectivity index (χ4n) is 2.58. The number of rotatable bonds is 6. The van der Waals surface area contributed by atoms with Crippen molar-refractivity contribution in [2.24, 2.45) is 0 Å². The van der Waals surface area contributed by atoms with Crippen molar-refractivity contribution in [3.05, 3.63) is 29.8 Å². The number of hydrogen-bond acceptors (Lipinski definition) is 4. The van der Waals surface area contributed by atoms with Crippen LogP contribution in [0.1, 0.15) is 12.0 Å². The van der Waals surface area contributed by atoms with Crippen molar-refractivity contribution in [1.29, 1.82) is 0 Å². The minimum absolute atomic E-state index is 0.0918. The third-order valence-corrected chi connectivity index (χ3v) is 4.02. The molecule has 0 bridgehead atoms. The molecule has 1 aliphatic heterocycles. The molecule has 1 heterocycles. The monoisotopic (exact) mass is 320 g/mol. The van der Waals surface area contributed by atoms with Gasteiger partial charge in [-0.15, -0.1) is 0 Å². The standard InChI is InChI=1S/C17H24N2O4/c1-22-12-7-16(20)18-8-10-19(11-9-18)17(21)13-14-3-5-15(23-2)6-4-14/h3-6H,7-13H2,1-2H3. The average molecular weight is 320 g/mol. The number of piperazine rings is 1. The second-order valence-corrected chi connectivity index (χ2v) is 5.53. The van der Waals surface area contributed by atoms with Gasteiger partial charge >= 0.3 is 0 Å². The van der Waals surface area contributed by atoms with Crippen molar-refractivity contribution in [3.8, 4) is 5.75 Å². The zero-order chi connectivity index (χ0) is 16.7. The van der Waals surface area contributed by atoms with Crippen LogP contribution < -0.4 is 4.74 Å². The maximum Gasteiger partial charge on any atom is 0.227 e. The highest BCUT2D eigenvalue weighted by Gasteiger charge is 2.23. The van der Waals surface area contributed by atoms with Crippen molar-refractivity contribution < 1.29 is 19.1 Å². The lowest BCUT2D eigenvalue weighted by molar-refractivity contribution is -0.139. The predicted octanol–water partition coefficient (Wildman–Crippen LogP) is 0.945. The van der Waals surface area contributed by atoms with Crippen LogP contribution in [0.2, 0.25) is 0 Å². The average Bonchev–Trinajstić information content (AvgIpc) is 2.60. The van der Waals surface area contributed by atoms with Gasteiger partial charge in [-0.3, -0.25) is 9.59 Å². The van der Waals surface area contributed by atoms with Crippen LogP contribution in [-0.2, 0) is 20.7 Å². The van der Waals surface area contributed by atoms with Crippen molar-refractivity contribution in [2.75, 3.05) is 47.0 Å². The molecule has 0 radical (unpaired) electrons. The first-order chi connectivity index (χ1) is 11.1.